The number of hydrogen-bond donors (Lipinski definition) is 2. The highest BCUT2D eigenvalue weighted by atomic mass is 32.1. The maximum absolute atomic E-state index is 11.7. The molecule has 1 amide bonds. The molecule has 4 nitrogen and oxygen atoms in total. The Balaban J connectivity index is 1.82. The van der Waals surface area contributed by atoms with E-state index in [4.69, 9.17) is 9.84 Å². The SMILES string of the molecule is O=C(NCc1ccc(C#CCO)s1)C1CCCO1. The summed E-state index contributed by atoms with van der Waals surface area (Å²) in [6.45, 7) is 1.05. The number of nitrogens with one attached hydrogen (secondary N) is 1. The van der Waals surface area contributed by atoms with Crippen LogP contribution >= 0.6 is 11.3 Å². The molecule has 0 bridgehead atoms. The predicted octanol–water partition coefficient (Wildman–Crippen LogP) is 0.887. The van der Waals surface area contributed by atoms with Crippen LogP contribution in [0.5, 0.6) is 0 Å². The summed E-state index contributed by atoms with van der Waals surface area (Å²) in [6, 6.07) is 3.82. The van der Waals surface area contributed by atoms with Gasteiger partial charge in [0.1, 0.15) is 12.7 Å². The van der Waals surface area contributed by atoms with Crippen molar-refractivity contribution >= 4 is 17.2 Å². The van der Waals surface area contributed by atoms with Crippen molar-refractivity contribution in [2.45, 2.75) is 25.5 Å². The molecule has 5 heteroatoms. The average molecular weight is 265 g/mol. The van der Waals surface area contributed by atoms with Crippen LogP contribution in [-0.2, 0) is 16.1 Å². The molecule has 0 radical (unpaired) electrons. The van der Waals surface area contributed by atoms with Crippen molar-refractivity contribution in [1.29, 1.82) is 0 Å². The van der Waals surface area contributed by atoms with E-state index in [0.717, 1.165) is 22.6 Å². The van der Waals surface area contributed by atoms with Crippen LogP contribution < -0.4 is 5.32 Å². The monoisotopic (exact) mass is 265 g/mol. The van der Waals surface area contributed by atoms with E-state index < -0.39 is 0 Å². The summed E-state index contributed by atoms with van der Waals surface area (Å²) in [5, 5.41) is 11.5. The fourth-order valence-corrected chi connectivity index (χ4v) is 2.56. The Kier molecular flexibility index (Phi) is 4.76. The number of hydrogen-bond acceptors (Lipinski definition) is 4. The van der Waals surface area contributed by atoms with Gasteiger partial charge in [0.05, 0.1) is 11.4 Å². The maximum Gasteiger partial charge on any atom is 0.249 e. The summed E-state index contributed by atoms with van der Waals surface area (Å²) in [5.41, 5.74) is 0. The van der Waals surface area contributed by atoms with Gasteiger partial charge in [-0.05, 0) is 25.0 Å². The van der Waals surface area contributed by atoms with Gasteiger partial charge in [-0.2, -0.15) is 0 Å². The molecule has 1 aliphatic rings. The van der Waals surface area contributed by atoms with Gasteiger partial charge < -0.3 is 15.2 Å². The van der Waals surface area contributed by atoms with Gasteiger partial charge >= 0.3 is 0 Å². The molecule has 2 heterocycles. The van der Waals surface area contributed by atoms with E-state index in [-0.39, 0.29) is 18.6 Å². The van der Waals surface area contributed by atoms with Crippen molar-refractivity contribution in [3.8, 4) is 11.8 Å². The number of rotatable bonds is 3. The minimum absolute atomic E-state index is 0.0381. The first-order valence-electron chi connectivity index (χ1n) is 5.87. The van der Waals surface area contributed by atoms with Gasteiger partial charge in [0, 0.05) is 11.5 Å². The molecule has 1 aliphatic heterocycles. The summed E-state index contributed by atoms with van der Waals surface area (Å²) < 4.78 is 5.30. The molecule has 96 valence electrons. The topological polar surface area (TPSA) is 58.6 Å². The van der Waals surface area contributed by atoms with E-state index in [1.807, 2.05) is 12.1 Å². The lowest BCUT2D eigenvalue weighted by atomic mass is 10.2. The molecule has 2 rings (SSSR count). The first-order valence-corrected chi connectivity index (χ1v) is 6.69. The molecular formula is C13H15NO3S. The number of thiophene rings is 1. The second kappa shape index (κ2) is 6.55. The van der Waals surface area contributed by atoms with Crippen LogP contribution in [0.1, 0.15) is 22.6 Å². The number of ether oxygens (including phenoxy) is 1. The van der Waals surface area contributed by atoms with Crippen LogP contribution in [0, 0.1) is 11.8 Å². The Morgan fingerprint density at radius 3 is 3.22 bits per heavy atom. The lowest BCUT2D eigenvalue weighted by Crippen LogP contribution is -2.33. The van der Waals surface area contributed by atoms with Gasteiger partial charge in [-0.1, -0.05) is 11.8 Å². The fourth-order valence-electron chi connectivity index (χ4n) is 1.74. The highest BCUT2D eigenvalue weighted by Crippen LogP contribution is 2.16. The van der Waals surface area contributed by atoms with Crippen molar-refractivity contribution in [1.82, 2.24) is 5.32 Å². The molecule has 1 saturated heterocycles. The van der Waals surface area contributed by atoms with Gasteiger partial charge in [-0.15, -0.1) is 11.3 Å². The Morgan fingerprint density at radius 1 is 1.61 bits per heavy atom. The van der Waals surface area contributed by atoms with E-state index in [1.165, 1.54) is 11.3 Å². The lowest BCUT2D eigenvalue weighted by Gasteiger charge is -2.09. The van der Waals surface area contributed by atoms with Crippen molar-refractivity contribution in [3.63, 3.8) is 0 Å². The van der Waals surface area contributed by atoms with Crippen molar-refractivity contribution in [3.05, 3.63) is 21.9 Å². The molecule has 0 aliphatic carbocycles. The molecule has 0 spiro atoms. The summed E-state index contributed by atoms with van der Waals surface area (Å²) in [5.74, 6) is 5.40. The molecule has 2 N–H and O–H groups in total. The Bertz CT molecular complexity index is 466. The predicted molar refractivity (Wildman–Crippen MR) is 69.1 cm³/mol. The standard InChI is InChI=1S/C13H15NO3S/c15-7-1-3-10-5-6-11(18-10)9-14-13(16)12-4-2-8-17-12/h5-6,12,15H,2,4,7-9H2,(H,14,16). The molecule has 18 heavy (non-hydrogen) atoms. The average Bonchev–Trinajstić information content (AvgIpc) is 3.04. The zero-order valence-corrected chi connectivity index (χ0v) is 10.8. The minimum atomic E-state index is -0.279. The van der Waals surface area contributed by atoms with Crippen LogP contribution in [-0.4, -0.2) is 30.3 Å². The largest absolute Gasteiger partial charge is 0.384 e. The molecular weight excluding hydrogens is 250 g/mol. The van der Waals surface area contributed by atoms with E-state index in [2.05, 4.69) is 17.2 Å². The highest BCUT2D eigenvalue weighted by molar-refractivity contribution is 7.12. The minimum Gasteiger partial charge on any atom is -0.384 e. The second-order valence-corrected chi connectivity index (χ2v) is 5.11. The van der Waals surface area contributed by atoms with Gasteiger partial charge in [-0.3, -0.25) is 4.79 Å². The van der Waals surface area contributed by atoms with Gasteiger partial charge in [0.2, 0.25) is 5.91 Å². The number of aliphatic hydroxyl groups excluding tert-OH is 1. The molecule has 0 aromatic carbocycles. The van der Waals surface area contributed by atoms with Crippen molar-refractivity contribution in [2.24, 2.45) is 0 Å². The summed E-state index contributed by atoms with van der Waals surface area (Å²) in [4.78, 5) is 13.6. The quantitative estimate of drug-likeness (QED) is 0.798. The van der Waals surface area contributed by atoms with Gasteiger partial charge in [0.15, 0.2) is 0 Å². The smallest absolute Gasteiger partial charge is 0.249 e. The first kappa shape index (κ1) is 13.1. The third-order valence-electron chi connectivity index (χ3n) is 2.61. The molecule has 1 aromatic heterocycles. The van der Waals surface area contributed by atoms with Crippen molar-refractivity contribution < 1.29 is 14.6 Å². The zero-order valence-electron chi connectivity index (χ0n) is 9.94. The normalized spacial score (nSPS) is 18.2. The molecule has 1 unspecified atom stereocenters. The first-order chi connectivity index (χ1) is 8.79. The molecule has 1 aromatic rings. The zero-order chi connectivity index (χ0) is 12.8. The molecule has 1 atom stereocenters. The molecule has 1 fully saturated rings. The third kappa shape index (κ3) is 3.57. The number of carbonyl (C=O) groups is 1. The third-order valence-corrected chi connectivity index (χ3v) is 3.61. The van der Waals surface area contributed by atoms with Gasteiger partial charge in [-0.25, -0.2) is 0 Å². The summed E-state index contributed by atoms with van der Waals surface area (Å²) >= 11 is 1.52. The van der Waals surface area contributed by atoms with E-state index >= 15 is 0 Å². The van der Waals surface area contributed by atoms with Crippen LogP contribution in [0.15, 0.2) is 12.1 Å². The van der Waals surface area contributed by atoms with Crippen LogP contribution in [0.3, 0.4) is 0 Å². The van der Waals surface area contributed by atoms with Gasteiger partial charge in [0.25, 0.3) is 0 Å². The summed E-state index contributed by atoms with van der Waals surface area (Å²) in [6.07, 6.45) is 1.49. The number of amides is 1. The van der Waals surface area contributed by atoms with Crippen LogP contribution in [0.25, 0.3) is 0 Å². The Labute approximate surface area is 110 Å². The summed E-state index contributed by atoms with van der Waals surface area (Å²) in [7, 11) is 0. The van der Waals surface area contributed by atoms with Crippen molar-refractivity contribution in [2.75, 3.05) is 13.2 Å². The van der Waals surface area contributed by atoms with E-state index in [9.17, 15) is 4.79 Å². The van der Waals surface area contributed by atoms with E-state index in [1.54, 1.807) is 0 Å². The fraction of sp³-hybridized carbons (Fsp3) is 0.462. The van der Waals surface area contributed by atoms with Crippen LogP contribution in [0.2, 0.25) is 0 Å². The Morgan fingerprint density at radius 2 is 2.50 bits per heavy atom. The number of aliphatic hydroxyl groups is 1. The second-order valence-electron chi connectivity index (χ2n) is 3.95. The molecule has 0 saturated carbocycles. The highest BCUT2D eigenvalue weighted by Gasteiger charge is 2.23. The maximum atomic E-state index is 11.7. The van der Waals surface area contributed by atoms with Crippen LogP contribution in [0.4, 0.5) is 0 Å². The number of carbonyl (C=O) groups excluding carboxylic acids is 1. The lowest BCUT2D eigenvalue weighted by molar-refractivity contribution is -0.130. The Hall–Kier alpha value is -1.35. The van der Waals surface area contributed by atoms with E-state index in [0.29, 0.717) is 13.2 Å².